The second-order valence-corrected chi connectivity index (χ2v) is 7.25. The van der Waals surface area contributed by atoms with Gasteiger partial charge in [0, 0.05) is 17.5 Å². The summed E-state index contributed by atoms with van der Waals surface area (Å²) in [6, 6.07) is 0. The molecule has 0 radical (unpaired) electrons. The van der Waals surface area contributed by atoms with E-state index in [-0.39, 0.29) is 11.0 Å². The van der Waals surface area contributed by atoms with E-state index in [4.69, 9.17) is 18.0 Å². The summed E-state index contributed by atoms with van der Waals surface area (Å²) >= 11 is 4.86. The molecule has 5 atom stereocenters. The molecule has 4 nitrogen and oxygen atoms in total. The van der Waals surface area contributed by atoms with Gasteiger partial charge in [-0.05, 0) is 49.7 Å². The van der Waals surface area contributed by atoms with Crippen molar-refractivity contribution in [2.45, 2.75) is 57.5 Å². The standard InChI is InChI=1S/C15H25N3OS/c1-9-10-5-4-7-12(13(10)17-18-14(16)20)15(19)8-3-2-6-11(9)15/h9-12,19H,2-8H2,1H3,(H3,16,18,20)/b17-13-/t9-,10-,11+,12+,15-/m1/s1. The maximum atomic E-state index is 11.3. The highest BCUT2D eigenvalue weighted by Crippen LogP contribution is 2.55. The van der Waals surface area contributed by atoms with Gasteiger partial charge in [0.2, 0.25) is 0 Å². The molecule has 0 aromatic heterocycles. The second-order valence-electron chi connectivity index (χ2n) is 6.81. The van der Waals surface area contributed by atoms with Crippen LogP contribution in [-0.4, -0.2) is 21.5 Å². The van der Waals surface area contributed by atoms with E-state index in [1.807, 2.05) is 0 Å². The fourth-order valence-corrected chi connectivity index (χ4v) is 5.10. The Labute approximate surface area is 126 Å². The lowest BCUT2D eigenvalue weighted by molar-refractivity contribution is -0.122. The van der Waals surface area contributed by atoms with E-state index in [1.54, 1.807) is 0 Å². The van der Waals surface area contributed by atoms with Crippen molar-refractivity contribution >= 4 is 23.0 Å². The van der Waals surface area contributed by atoms with Gasteiger partial charge in [0.1, 0.15) is 0 Å². The number of nitrogens with one attached hydrogen (secondary N) is 1. The molecule has 5 heteroatoms. The van der Waals surface area contributed by atoms with Crippen LogP contribution in [0.1, 0.15) is 51.9 Å². The number of fused-ring (bicyclic) bond motifs is 4. The zero-order valence-electron chi connectivity index (χ0n) is 12.1. The zero-order valence-corrected chi connectivity index (χ0v) is 13.0. The first-order chi connectivity index (χ1) is 9.54. The van der Waals surface area contributed by atoms with E-state index in [0.29, 0.717) is 17.8 Å². The molecule has 3 aliphatic carbocycles. The molecule has 4 N–H and O–H groups in total. The van der Waals surface area contributed by atoms with E-state index < -0.39 is 5.60 Å². The highest BCUT2D eigenvalue weighted by atomic mass is 32.1. The van der Waals surface area contributed by atoms with Gasteiger partial charge in [-0.2, -0.15) is 5.10 Å². The van der Waals surface area contributed by atoms with E-state index in [0.717, 1.165) is 25.0 Å². The van der Waals surface area contributed by atoms with Gasteiger partial charge < -0.3 is 10.8 Å². The lowest BCUT2D eigenvalue weighted by atomic mass is 9.51. The Morgan fingerprint density at radius 1 is 1.35 bits per heavy atom. The lowest BCUT2D eigenvalue weighted by Crippen LogP contribution is -2.61. The topological polar surface area (TPSA) is 70.6 Å². The van der Waals surface area contributed by atoms with Crippen LogP contribution in [-0.2, 0) is 0 Å². The van der Waals surface area contributed by atoms with Crippen molar-refractivity contribution in [3.63, 3.8) is 0 Å². The van der Waals surface area contributed by atoms with Crippen LogP contribution in [0, 0.1) is 23.7 Å². The van der Waals surface area contributed by atoms with Crippen LogP contribution in [0.15, 0.2) is 5.10 Å². The molecule has 0 amide bonds. The van der Waals surface area contributed by atoms with Crippen LogP contribution < -0.4 is 11.2 Å². The summed E-state index contributed by atoms with van der Waals surface area (Å²) < 4.78 is 0. The molecule has 20 heavy (non-hydrogen) atoms. The number of nitrogens with two attached hydrogens (primary N) is 1. The smallest absolute Gasteiger partial charge is 0.184 e. The van der Waals surface area contributed by atoms with E-state index in [2.05, 4.69) is 17.5 Å². The van der Waals surface area contributed by atoms with Crippen LogP contribution in [0.25, 0.3) is 0 Å². The molecule has 0 heterocycles. The van der Waals surface area contributed by atoms with Crippen molar-refractivity contribution in [3.8, 4) is 0 Å². The number of hydrazone groups is 1. The van der Waals surface area contributed by atoms with Crippen molar-refractivity contribution in [2.24, 2.45) is 34.5 Å². The average molecular weight is 295 g/mol. The van der Waals surface area contributed by atoms with Gasteiger partial charge in [-0.3, -0.25) is 5.43 Å². The highest BCUT2D eigenvalue weighted by Gasteiger charge is 2.57. The maximum absolute atomic E-state index is 11.3. The third-order valence-corrected chi connectivity index (χ3v) is 5.99. The minimum atomic E-state index is -0.550. The fraction of sp³-hybridized carbons (Fsp3) is 0.867. The van der Waals surface area contributed by atoms with E-state index in [1.165, 1.54) is 25.7 Å². The van der Waals surface area contributed by atoms with Gasteiger partial charge in [-0.25, -0.2) is 0 Å². The Morgan fingerprint density at radius 3 is 2.90 bits per heavy atom. The Balaban J connectivity index is 1.96. The third kappa shape index (κ3) is 2.15. The summed E-state index contributed by atoms with van der Waals surface area (Å²) in [4.78, 5) is 0. The Hall–Kier alpha value is -0.680. The van der Waals surface area contributed by atoms with Gasteiger partial charge in [-0.1, -0.05) is 26.2 Å². The summed E-state index contributed by atoms with van der Waals surface area (Å²) in [5.41, 5.74) is 8.85. The molecule has 0 spiro atoms. The minimum absolute atomic E-state index is 0.199. The first kappa shape index (κ1) is 14.3. The van der Waals surface area contributed by atoms with Crippen LogP contribution in [0.3, 0.4) is 0 Å². The van der Waals surface area contributed by atoms with Crippen molar-refractivity contribution < 1.29 is 5.11 Å². The number of nitrogens with zero attached hydrogens (tertiary/aromatic N) is 1. The molecule has 112 valence electrons. The van der Waals surface area contributed by atoms with Crippen molar-refractivity contribution in [1.29, 1.82) is 0 Å². The number of rotatable bonds is 1. The summed E-state index contributed by atoms with van der Waals surface area (Å²) in [5, 5.41) is 16.0. The Morgan fingerprint density at radius 2 is 2.15 bits per heavy atom. The minimum Gasteiger partial charge on any atom is -0.389 e. The highest BCUT2D eigenvalue weighted by molar-refractivity contribution is 7.80. The molecule has 3 rings (SSSR count). The molecule has 0 unspecified atom stereocenters. The number of hydrogen-bond donors (Lipinski definition) is 3. The monoisotopic (exact) mass is 295 g/mol. The zero-order chi connectivity index (χ0) is 14.3. The van der Waals surface area contributed by atoms with Gasteiger partial charge >= 0.3 is 0 Å². The first-order valence-electron chi connectivity index (χ1n) is 7.89. The summed E-state index contributed by atoms with van der Waals surface area (Å²) in [7, 11) is 0. The normalized spacial score (nSPS) is 45.8. The van der Waals surface area contributed by atoms with Crippen molar-refractivity contribution in [3.05, 3.63) is 0 Å². The quantitative estimate of drug-likeness (QED) is 0.512. The molecule has 0 aromatic carbocycles. The predicted molar refractivity (Wildman–Crippen MR) is 84.3 cm³/mol. The van der Waals surface area contributed by atoms with E-state index >= 15 is 0 Å². The molecule has 0 aromatic rings. The summed E-state index contributed by atoms with van der Waals surface area (Å²) in [6.45, 7) is 2.30. The van der Waals surface area contributed by atoms with Crippen molar-refractivity contribution in [2.75, 3.05) is 0 Å². The van der Waals surface area contributed by atoms with Crippen LogP contribution in [0.2, 0.25) is 0 Å². The number of thiocarbonyl (C=S) groups is 1. The molecule has 3 aliphatic rings. The Kier molecular flexibility index (Phi) is 3.75. The van der Waals surface area contributed by atoms with Crippen LogP contribution in [0.4, 0.5) is 0 Å². The largest absolute Gasteiger partial charge is 0.389 e. The van der Waals surface area contributed by atoms with Gasteiger partial charge in [0.05, 0.1) is 5.60 Å². The van der Waals surface area contributed by atoms with Gasteiger partial charge in [0.25, 0.3) is 0 Å². The second kappa shape index (κ2) is 5.26. The van der Waals surface area contributed by atoms with Crippen LogP contribution >= 0.6 is 12.2 Å². The predicted octanol–water partition coefficient (Wildman–Crippen LogP) is 2.16. The average Bonchev–Trinajstić information content (AvgIpc) is 2.43. The summed E-state index contributed by atoms with van der Waals surface area (Å²) in [5.74, 6) is 1.63. The molecule has 0 saturated heterocycles. The third-order valence-electron chi connectivity index (χ3n) is 5.90. The Bertz CT molecular complexity index is 439. The molecule has 0 aliphatic heterocycles. The summed E-state index contributed by atoms with van der Waals surface area (Å²) in [6.07, 6.45) is 7.91. The van der Waals surface area contributed by atoms with E-state index in [9.17, 15) is 5.11 Å². The molecular formula is C15H25N3OS. The van der Waals surface area contributed by atoms with Crippen molar-refractivity contribution in [1.82, 2.24) is 5.43 Å². The SMILES string of the molecule is C[C@@H]1[C@H]2CCC[C@@H](/C2=N\NC(N)=S)[C@@]2(O)CCCC[C@@H]12. The van der Waals surface area contributed by atoms with Gasteiger partial charge in [-0.15, -0.1) is 0 Å². The lowest BCUT2D eigenvalue weighted by Gasteiger charge is -2.57. The maximum Gasteiger partial charge on any atom is 0.184 e. The molecule has 2 bridgehead atoms. The fourth-order valence-electron chi connectivity index (χ4n) is 5.05. The molecule has 3 saturated carbocycles. The van der Waals surface area contributed by atoms with Gasteiger partial charge in [0.15, 0.2) is 5.11 Å². The molecular weight excluding hydrogens is 270 g/mol. The molecule has 3 fully saturated rings. The number of aliphatic hydroxyl groups is 1. The van der Waals surface area contributed by atoms with Crippen LogP contribution in [0.5, 0.6) is 0 Å². The number of hydrogen-bond acceptors (Lipinski definition) is 3. The first-order valence-corrected chi connectivity index (χ1v) is 8.30.